The molecule has 0 bridgehead atoms. The topological polar surface area (TPSA) is 68.2 Å². The van der Waals surface area contributed by atoms with Crippen molar-refractivity contribution in [3.63, 3.8) is 0 Å². The molecule has 1 aliphatic heterocycles. The lowest BCUT2D eigenvalue weighted by atomic mass is 9.80. The molecule has 2 aliphatic rings. The van der Waals surface area contributed by atoms with Crippen LogP contribution in [0.2, 0.25) is 0 Å². The van der Waals surface area contributed by atoms with Gasteiger partial charge >= 0.3 is 0 Å². The fraction of sp³-hybridized carbons (Fsp3) is 0.640. The molecule has 0 radical (unpaired) electrons. The quantitative estimate of drug-likeness (QED) is 0.634. The van der Waals surface area contributed by atoms with Crippen LogP contribution in [0.1, 0.15) is 63.4 Å². The molecule has 3 atom stereocenters. The number of likely N-dealkylation sites (N-methyl/N-ethyl adjacent to an activating group) is 1. The average molecular weight is 432 g/mol. The van der Waals surface area contributed by atoms with E-state index >= 15 is 0 Å². The van der Waals surface area contributed by atoms with Crippen LogP contribution in [0.25, 0.3) is 0 Å². The second-order valence-corrected chi connectivity index (χ2v) is 8.51. The van der Waals surface area contributed by atoms with Crippen LogP contribution in [0.3, 0.4) is 0 Å². The Morgan fingerprint density at radius 1 is 1.19 bits per heavy atom. The van der Waals surface area contributed by atoms with Gasteiger partial charge in [-0.05, 0) is 56.4 Å². The number of carbonyl (C=O) groups excluding carboxylic acids is 1. The first-order valence-corrected chi connectivity index (χ1v) is 11.6. The Morgan fingerprint density at radius 3 is 2.52 bits per heavy atom. The van der Waals surface area contributed by atoms with E-state index < -0.39 is 6.29 Å². The van der Waals surface area contributed by atoms with E-state index in [2.05, 4.69) is 0 Å². The molecule has 172 valence electrons. The number of amides is 1. The summed E-state index contributed by atoms with van der Waals surface area (Å²) in [6, 6.07) is 8.21. The Kier molecular flexibility index (Phi) is 8.79. The predicted molar refractivity (Wildman–Crippen MR) is 120 cm³/mol. The summed E-state index contributed by atoms with van der Waals surface area (Å²) in [7, 11) is 3.54. The van der Waals surface area contributed by atoms with Crippen molar-refractivity contribution < 1.29 is 24.1 Å². The highest BCUT2D eigenvalue weighted by Crippen LogP contribution is 2.40. The molecule has 1 amide bonds. The smallest absolute Gasteiger partial charge is 0.288 e. The average Bonchev–Trinajstić information content (AvgIpc) is 2.82. The van der Waals surface area contributed by atoms with Gasteiger partial charge in [0.15, 0.2) is 5.76 Å². The minimum atomic E-state index is -0.521. The molecule has 6 heteroatoms. The normalized spacial score (nSPS) is 24.3. The van der Waals surface area contributed by atoms with Gasteiger partial charge < -0.3 is 24.2 Å². The van der Waals surface area contributed by atoms with Gasteiger partial charge in [-0.1, -0.05) is 31.4 Å². The maximum absolute atomic E-state index is 13.4. The molecular weight excluding hydrogens is 394 g/mol. The Labute approximate surface area is 186 Å². The third-order valence-electron chi connectivity index (χ3n) is 6.57. The van der Waals surface area contributed by atoms with Gasteiger partial charge in [-0.2, -0.15) is 0 Å². The van der Waals surface area contributed by atoms with Crippen LogP contribution < -0.4 is 4.74 Å². The van der Waals surface area contributed by atoms with E-state index in [1.165, 1.54) is 19.3 Å². The van der Waals surface area contributed by atoms with Gasteiger partial charge in [0, 0.05) is 38.1 Å². The third-order valence-corrected chi connectivity index (χ3v) is 6.57. The van der Waals surface area contributed by atoms with Crippen LogP contribution in [0, 0.1) is 5.92 Å². The van der Waals surface area contributed by atoms with Crippen molar-refractivity contribution in [3.8, 4) is 5.75 Å². The highest BCUT2D eigenvalue weighted by atomic mass is 16.7. The molecule has 6 nitrogen and oxygen atoms in total. The number of rotatable bonds is 9. The van der Waals surface area contributed by atoms with Crippen molar-refractivity contribution in [2.24, 2.45) is 5.92 Å². The first kappa shape index (κ1) is 23.6. The van der Waals surface area contributed by atoms with Gasteiger partial charge in [0.1, 0.15) is 5.75 Å². The highest BCUT2D eigenvalue weighted by Gasteiger charge is 2.39. The molecule has 3 rings (SSSR count). The molecule has 0 saturated heterocycles. The lowest BCUT2D eigenvalue weighted by molar-refractivity contribution is -0.170. The van der Waals surface area contributed by atoms with Gasteiger partial charge in [-0.25, -0.2) is 0 Å². The molecule has 1 aromatic rings. The second-order valence-electron chi connectivity index (χ2n) is 8.51. The third kappa shape index (κ3) is 5.80. The molecule has 0 unspecified atom stereocenters. The highest BCUT2D eigenvalue weighted by molar-refractivity contribution is 5.91. The fourth-order valence-electron chi connectivity index (χ4n) is 4.77. The fourth-order valence-corrected chi connectivity index (χ4v) is 4.77. The van der Waals surface area contributed by atoms with E-state index in [1.54, 1.807) is 7.11 Å². The number of aliphatic hydroxyl groups excluding tert-OH is 1. The standard InChI is InChI=1S/C25H37NO5/c1-4-30-25-21(11-8-16-27)22(18-12-14-20(29-3)15-13-18)17-23(31-25)24(28)26(2)19-9-6-5-7-10-19/h12-15,17,19,21-22,25,27H,4-11,16H2,1-3H3/t21-,22-,25-/m0/s1. The monoisotopic (exact) mass is 431 g/mol. The van der Waals surface area contributed by atoms with E-state index in [9.17, 15) is 9.90 Å². The molecule has 1 N–H and O–H groups in total. The van der Waals surface area contributed by atoms with Crippen LogP contribution in [0.4, 0.5) is 0 Å². The summed E-state index contributed by atoms with van der Waals surface area (Å²) in [6.45, 7) is 2.54. The van der Waals surface area contributed by atoms with Crippen LogP contribution in [-0.4, -0.2) is 55.6 Å². The van der Waals surface area contributed by atoms with E-state index in [0.717, 1.165) is 30.6 Å². The van der Waals surface area contributed by atoms with Crippen LogP contribution >= 0.6 is 0 Å². The van der Waals surface area contributed by atoms with Gasteiger partial charge in [0.25, 0.3) is 5.91 Å². The van der Waals surface area contributed by atoms with E-state index in [0.29, 0.717) is 18.8 Å². The predicted octanol–water partition coefficient (Wildman–Crippen LogP) is 4.24. The van der Waals surface area contributed by atoms with Gasteiger partial charge in [0.2, 0.25) is 6.29 Å². The maximum Gasteiger partial charge on any atom is 0.288 e. The number of methoxy groups -OCH3 is 1. The van der Waals surface area contributed by atoms with Gasteiger partial charge in [-0.15, -0.1) is 0 Å². The Morgan fingerprint density at radius 2 is 1.90 bits per heavy atom. The van der Waals surface area contributed by atoms with Crippen LogP contribution in [-0.2, 0) is 14.3 Å². The van der Waals surface area contributed by atoms with Crippen molar-refractivity contribution in [1.82, 2.24) is 4.90 Å². The van der Waals surface area contributed by atoms with E-state index in [-0.39, 0.29) is 30.4 Å². The maximum atomic E-state index is 13.4. The lowest BCUT2D eigenvalue weighted by Crippen LogP contribution is -2.43. The molecule has 0 spiro atoms. The molecular formula is C25H37NO5. The molecule has 1 fully saturated rings. The number of ether oxygens (including phenoxy) is 3. The van der Waals surface area contributed by atoms with Crippen LogP contribution in [0.5, 0.6) is 5.75 Å². The molecule has 1 saturated carbocycles. The number of hydrogen-bond acceptors (Lipinski definition) is 5. The summed E-state index contributed by atoms with van der Waals surface area (Å²) < 4.78 is 17.4. The number of allylic oxidation sites excluding steroid dienone is 1. The first-order valence-electron chi connectivity index (χ1n) is 11.6. The zero-order valence-corrected chi connectivity index (χ0v) is 19.1. The van der Waals surface area contributed by atoms with Crippen molar-refractivity contribution in [2.45, 2.75) is 70.1 Å². The summed E-state index contributed by atoms with van der Waals surface area (Å²) in [4.78, 5) is 15.2. The zero-order valence-electron chi connectivity index (χ0n) is 19.1. The molecule has 31 heavy (non-hydrogen) atoms. The first-order chi connectivity index (χ1) is 15.1. The largest absolute Gasteiger partial charge is 0.497 e. The lowest BCUT2D eigenvalue weighted by Gasteiger charge is -2.39. The number of aliphatic hydroxyl groups is 1. The van der Waals surface area contributed by atoms with Crippen molar-refractivity contribution in [2.75, 3.05) is 27.4 Å². The van der Waals surface area contributed by atoms with Crippen molar-refractivity contribution >= 4 is 5.91 Å². The molecule has 0 aromatic heterocycles. The summed E-state index contributed by atoms with van der Waals surface area (Å²) in [5.74, 6) is 1.06. The zero-order chi connectivity index (χ0) is 22.2. The Hall–Kier alpha value is -2.05. The number of nitrogens with zero attached hydrogens (tertiary/aromatic N) is 1. The SMILES string of the molecule is CCO[C@H]1OC(C(=O)N(C)C2CCCCC2)=C[C@@H](c2ccc(OC)cc2)[C@@H]1CCCO. The second kappa shape index (κ2) is 11.5. The summed E-state index contributed by atoms with van der Waals surface area (Å²) in [6.07, 6.45) is 8.52. The van der Waals surface area contributed by atoms with E-state index in [4.69, 9.17) is 14.2 Å². The summed E-state index contributed by atoms with van der Waals surface area (Å²) in [5.41, 5.74) is 1.09. The number of benzene rings is 1. The summed E-state index contributed by atoms with van der Waals surface area (Å²) in [5, 5.41) is 9.42. The van der Waals surface area contributed by atoms with Gasteiger partial charge in [-0.3, -0.25) is 4.79 Å². The van der Waals surface area contributed by atoms with Crippen molar-refractivity contribution in [1.29, 1.82) is 0 Å². The number of carbonyl (C=O) groups is 1. The molecule has 1 aromatic carbocycles. The Balaban J connectivity index is 1.91. The van der Waals surface area contributed by atoms with Gasteiger partial charge in [0.05, 0.1) is 7.11 Å². The molecule has 1 heterocycles. The Bertz CT molecular complexity index is 726. The van der Waals surface area contributed by atoms with E-state index in [1.807, 2.05) is 49.2 Å². The number of hydrogen-bond donors (Lipinski definition) is 1. The minimum Gasteiger partial charge on any atom is -0.497 e. The van der Waals surface area contributed by atoms with Crippen LogP contribution in [0.15, 0.2) is 36.1 Å². The minimum absolute atomic E-state index is 0.0111. The summed E-state index contributed by atoms with van der Waals surface area (Å²) >= 11 is 0. The van der Waals surface area contributed by atoms with Crippen molar-refractivity contribution in [3.05, 3.63) is 41.7 Å². The molecule has 1 aliphatic carbocycles.